The number of pyridine rings is 1. The van der Waals surface area contributed by atoms with Gasteiger partial charge in [-0.05, 0) is 30.3 Å². The lowest BCUT2D eigenvalue weighted by molar-refractivity contribution is -0.114. The number of amides is 2. The van der Waals surface area contributed by atoms with Crippen molar-refractivity contribution in [2.24, 2.45) is 0 Å². The Labute approximate surface area is 212 Å². The average Bonchev–Trinajstić information content (AvgIpc) is 3.28. The maximum atomic E-state index is 14.4. The van der Waals surface area contributed by atoms with Gasteiger partial charge in [-0.25, -0.2) is 27.7 Å². The summed E-state index contributed by atoms with van der Waals surface area (Å²) in [6.45, 7) is 0.842. The van der Waals surface area contributed by atoms with Crippen LogP contribution < -0.4 is 20.1 Å². The van der Waals surface area contributed by atoms with Crippen molar-refractivity contribution in [1.82, 2.24) is 24.9 Å². The predicted molar refractivity (Wildman–Crippen MR) is 126 cm³/mol. The molecule has 198 valence electrons. The summed E-state index contributed by atoms with van der Waals surface area (Å²) in [5, 5.41) is 9.41. The van der Waals surface area contributed by atoms with Crippen LogP contribution in [0.25, 0.3) is 16.9 Å². The molecule has 10 nitrogen and oxygen atoms in total. The molecule has 0 aliphatic carbocycles. The van der Waals surface area contributed by atoms with Gasteiger partial charge in [-0.2, -0.15) is 9.49 Å². The number of nitrogens with one attached hydrogen (secondary N) is 2. The number of methoxy groups -OCH3 is 1. The predicted octanol–water partition coefficient (Wildman–Crippen LogP) is 3.77. The van der Waals surface area contributed by atoms with E-state index in [1.54, 1.807) is 12.1 Å². The van der Waals surface area contributed by atoms with E-state index in [1.807, 2.05) is 0 Å². The van der Waals surface area contributed by atoms with Gasteiger partial charge in [0.05, 0.1) is 19.0 Å². The topological polar surface area (TPSA) is 120 Å². The highest BCUT2D eigenvalue weighted by Gasteiger charge is 2.24. The number of alkyl halides is 3. The molecule has 2 N–H and O–H groups in total. The second kappa shape index (κ2) is 11.1. The smallest absolute Gasteiger partial charge is 0.304 e. The van der Waals surface area contributed by atoms with Crippen molar-refractivity contribution in [3.05, 3.63) is 65.7 Å². The van der Waals surface area contributed by atoms with Crippen molar-refractivity contribution in [3.8, 4) is 22.9 Å². The molecular formula is C24H20F4N6O4. The van der Waals surface area contributed by atoms with Crippen molar-refractivity contribution in [1.29, 1.82) is 0 Å². The number of imidazole rings is 1. The first-order valence-electron chi connectivity index (χ1n) is 11.0. The van der Waals surface area contributed by atoms with E-state index in [4.69, 9.17) is 4.74 Å². The van der Waals surface area contributed by atoms with E-state index >= 15 is 0 Å². The van der Waals surface area contributed by atoms with Crippen molar-refractivity contribution in [3.63, 3.8) is 0 Å². The standard InChI is InChI=1S/C24H20F4N6O4/c1-12(35)31-19-11-34-20(32-19)7-6-17(33-34)13-8-14(24(37-2)30-9-13)23(36)29-10-15-16(25)4-3-5-18(15)38-22(28)21(26)27/h3-9,11,21-22H,10H2,1-2H3,(H,29,36)(H,31,35). The number of ether oxygens (including phenoxy) is 2. The fourth-order valence-electron chi connectivity index (χ4n) is 3.45. The molecule has 0 saturated carbocycles. The summed E-state index contributed by atoms with van der Waals surface area (Å²) in [5.41, 5.74) is 0.918. The van der Waals surface area contributed by atoms with Crippen LogP contribution in [0.1, 0.15) is 22.8 Å². The molecule has 4 aromatic rings. The molecule has 1 aromatic carbocycles. The molecule has 14 heteroatoms. The van der Waals surface area contributed by atoms with E-state index < -0.39 is 36.8 Å². The molecule has 0 fully saturated rings. The largest absolute Gasteiger partial charge is 0.480 e. The zero-order chi connectivity index (χ0) is 27.4. The van der Waals surface area contributed by atoms with E-state index in [2.05, 4.69) is 30.4 Å². The van der Waals surface area contributed by atoms with Crippen LogP contribution in [0.2, 0.25) is 0 Å². The normalized spacial score (nSPS) is 11.9. The number of benzene rings is 1. The average molecular weight is 532 g/mol. The number of rotatable bonds is 9. The van der Waals surface area contributed by atoms with Gasteiger partial charge >= 0.3 is 6.43 Å². The third-order valence-corrected chi connectivity index (χ3v) is 5.15. The first kappa shape index (κ1) is 26.3. The molecule has 0 radical (unpaired) electrons. The Bertz CT molecular complexity index is 1500. The number of fused-ring (bicyclic) bond motifs is 1. The van der Waals surface area contributed by atoms with Gasteiger partial charge in [-0.3, -0.25) is 9.59 Å². The van der Waals surface area contributed by atoms with E-state index in [-0.39, 0.29) is 22.9 Å². The number of hydrogen-bond donors (Lipinski definition) is 2. The number of anilines is 1. The lowest BCUT2D eigenvalue weighted by Crippen LogP contribution is -2.26. The van der Waals surface area contributed by atoms with E-state index in [0.717, 1.165) is 18.2 Å². The van der Waals surface area contributed by atoms with Crippen LogP contribution in [0.5, 0.6) is 11.6 Å². The van der Waals surface area contributed by atoms with Crippen molar-refractivity contribution >= 4 is 23.3 Å². The Kier molecular flexibility index (Phi) is 7.69. The molecule has 3 heterocycles. The first-order valence-corrected chi connectivity index (χ1v) is 11.0. The van der Waals surface area contributed by atoms with Gasteiger partial charge in [0, 0.05) is 30.8 Å². The van der Waals surface area contributed by atoms with Gasteiger partial charge in [0.2, 0.25) is 11.8 Å². The molecular weight excluding hydrogens is 512 g/mol. The summed E-state index contributed by atoms with van der Waals surface area (Å²) in [4.78, 5) is 32.6. The van der Waals surface area contributed by atoms with Crippen LogP contribution in [-0.2, 0) is 11.3 Å². The van der Waals surface area contributed by atoms with Crippen molar-refractivity contribution in [2.45, 2.75) is 26.3 Å². The summed E-state index contributed by atoms with van der Waals surface area (Å²) < 4.78 is 64.0. The van der Waals surface area contributed by atoms with Crippen molar-refractivity contribution in [2.75, 3.05) is 12.4 Å². The Morgan fingerprint density at radius 3 is 2.66 bits per heavy atom. The highest BCUT2D eigenvalue weighted by Crippen LogP contribution is 2.26. The number of halogens is 4. The molecule has 38 heavy (non-hydrogen) atoms. The minimum absolute atomic E-state index is 0.0359. The van der Waals surface area contributed by atoms with Gasteiger partial charge in [0.15, 0.2) is 11.5 Å². The third kappa shape index (κ3) is 5.79. The highest BCUT2D eigenvalue weighted by atomic mass is 19.3. The summed E-state index contributed by atoms with van der Waals surface area (Å²) in [7, 11) is 1.30. The van der Waals surface area contributed by atoms with Crippen LogP contribution in [-0.4, -0.2) is 51.3 Å². The van der Waals surface area contributed by atoms with Crippen LogP contribution in [0.3, 0.4) is 0 Å². The summed E-state index contributed by atoms with van der Waals surface area (Å²) in [6, 6.07) is 8.00. The summed E-state index contributed by atoms with van der Waals surface area (Å²) >= 11 is 0. The van der Waals surface area contributed by atoms with Crippen LogP contribution in [0.15, 0.2) is 48.8 Å². The van der Waals surface area contributed by atoms with E-state index in [1.165, 1.54) is 37.0 Å². The number of carbonyl (C=O) groups is 2. The molecule has 0 spiro atoms. The van der Waals surface area contributed by atoms with Crippen LogP contribution in [0, 0.1) is 5.82 Å². The van der Waals surface area contributed by atoms with Crippen molar-refractivity contribution < 1.29 is 36.6 Å². The number of hydrogen-bond acceptors (Lipinski definition) is 7. The molecule has 0 aliphatic rings. The number of carbonyl (C=O) groups excluding carboxylic acids is 2. The molecule has 1 unspecified atom stereocenters. The third-order valence-electron chi connectivity index (χ3n) is 5.15. The Hall–Kier alpha value is -4.75. The quantitative estimate of drug-likeness (QED) is 0.315. The van der Waals surface area contributed by atoms with E-state index in [9.17, 15) is 27.2 Å². The first-order chi connectivity index (χ1) is 18.2. The lowest BCUT2D eigenvalue weighted by Gasteiger charge is -2.16. The Balaban J connectivity index is 1.58. The molecule has 3 aromatic heterocycles. The minimum atomic E-state index is -3.44. The second-order valence-electron chi connectivity index (χ2n) is 7.81. The molecule has 4 rings (SSSR count). The van der Waals surface area contributed by atoms with Crippen LogP contribution in [0.4, 0.5) is 23.4 Å². The minimum Gasteiger partial charge on any atom is -0.480 e. The van der Waals surface area contributed by atoms with Crippen LogP contribution >= 0.6 is 0 Å². The summed E-state index contributed by atoms with van der Waals surface area (Å²) in [6.07, 6.45) is -3.48. The van der Waals surface area contributed by atoms with Gasteiger partial charge in [0.1, 0.15) is 17.1 Å². The Morgan fingerprint density at radius 2 is 1.95 bits per heavy atom. The SMILES string of the molecule is COc1ncc(-c2ccc3nc(NC(C)=O)cn3n2)cc1C(=O)NCc1c(F)cccc1OC(F)C(F)F. The molecule has 0 bridgehead atoms. The van der Waals surface area contributed by atoms with Gasteiger partial charge in [-0.15, -0.1) is 0 Å². The summed E-state index contributed by atoms with van der Waals surface area (Å²) in [5.74, 6) is -2.15. The lowest BCUT2D eigenvalue weighted by atomic mass is 10.1. The monoisotopic (exact) mass is 532 g/mol. The van der Waals surface area contributed by atoms with Gasteiger partial charge < -0.3 is 20.1 Å². The zero-order valence-corrected chi connectivity index (χ0v) is 19.9. The molecule has 2 amide bonds. The molecule has 0 aliphatic heterocycles. The molecule has 0 saturated heterocycles. The van der Waals surface area contributed by atoms with E-state index in [0.29, 0.717) is 22.7 Å². The maximum absolute atomic E-state index is 14.4. The number of aromatic nitrogens is 4. The maximum Gasteiger partial charge on any atom is 0.304 e. The fourth-order valence-corrected chi connectivity index (χ4v) is 3.45. The van der Waals surface area contributed by atoms with Gasteiger partial charge in [0.25, 0.3) is 12.3 Å². The second-order valence-corrected chi connectivity index (χ2v) is 7.81. The zero-order valence-electron chi connectivity index (χ0n) is 19.9. The fraction of sp³-hybridized carbons (Fsp3) is 0.208. The highest BCUT2D eigenvalue weighted by molar-refractivity contribution is 5.97. The number of nitrogens with zero attached hydrogens (tertiary/aromatic N) is 4. The van der Waals surface area contributed by atoms with Gasteiger partial charge in [-0.1, -0.05) is 6.07 Å². The Morgan fingerprint density at radius 1 is 1.16 bits per heavy atom. The molecule has 1 atom stereocenters.